The van der Waals surface area contributed by atoms with Gasteiger partial charge in [0.2, 0.25) is 11.7 Å². The summed E-state index contributed by atoms with van der Waals surface area (Å²) in [4.78, 5) is 27.1. The molecule has 34 heavy (non-hydrogen) atoms. The summed E-state index contributed by atoms with van der Waals surface area (Å²) >= 11 is 0. The standard InChI is InChI=1S/C26H31N5O3/c1-2-16-31(23(32)17-26(25(33)34)14-6-3-7-15-26)18-19-10-12-20(13-11-19)21-8-4-5-9-22(21)24-27-29-30-28-24/h4-5,8-13H,2-3,6-7,14-18H2,1H3,(H,33,34)(H,27,28,29,30). The van der Waals surface area contributed by atoms with E-state index in [4.69, 9.17) is 0 Å². The van der Waals surface area contributed by atoms with Crippen molar-refractivity contribution < 1.29 is 14.7 Å². The molecule has 8 nitrogen and oxygen atoms in total. The molecule has 1 amide bonds. The van der Waals surface area contributed by atoms with Crippen LogP contribution in [0.5, 0.6) is 0 Å². The Morgan fingerprint density at radius 2 is 1.74 bits per heavy atom. The number of carboxylic acid groups (broad SMARTS) is 1. The molecule has 1 aliphatic carbocycles. The maximum atomic E-state index is 13.2. The molecule has 2 aromatic carbocycles. The molecular weight excluding hydrogens is 430 g/mol. The summed E-state index contributed by atoms with van der Waals surface area (Å²) in [7, 11) is 0. The number of nitrogens with zero attached hydrogens (tertiary/aromatic N) is 4. The number of benzene rings is 2. The van der Waals surface area contributed by atoms with Gasteiger partial charge in [-0.25, -0.2) is 0 Å². The van der Waals surface area contributed by atoms with E-state index >= 15 is 0 Å². The Morgan fingerprint density at radius 3 is 2.35 bits per heavy atom. The van der Waals surface area contributed by atoms with Gasteiger partial charge in [-0.3, -0.25) is 9.59 Å². The Bertz CT molecular complexity index is 1110. The number of aromatic amines is 1. The van der Waals surface area contributed by atoms with Crippen LogP contribution in [0.3, 0.4) is 0 Å². The molecule has 0 unspecified atom stereocenters. The minimum absolute atomic E-state index is 0.0716. The van der Waals surface area contributed by atoms with E-state index in [9.17, 15) is 14.7 Å². The van der Waals surface area contributed by atoms with Gasteiger partial charge >= 0.3 is 5.97 Å². The Morgan fingerprint density at radius 1 is 1.03 bits per heavy atom. The van der Waals surface area contributed by atoms with Crippen molar-refractivity contribution in [3.63, 3.8) is 0 Å². The Balaban J connectivity index is 1.50. The van der Waals surface area contributed by atoms with Crippen LogP contribution in [-0.4, -0.2) is 49.1 Å². The number of H-pyrrole nitrogens is 1. The zero-order valence-electron chi connectivity index (χ0n) is 19.5. The molecule has 1 heterocycles. The fraction of sp³-hybridized carbons (Fsp3) is 0.423. The number of amides is 1. The maximum absolute atomic E-state index is 13.2. The molecule has 178 valence electrons. The van der Waals surface area contributed by atoms with Gasteiger partial charge in [-0.2, -0.15) is 5.21 Å². The average Bonchev–Trinajstić information content (AvgIpc) is 3.40. The molecule has 1 aliphatic rings. The first-order valence-corrected chi connectivity index (χ1v) is 12.0. The average molecular weight is 462 g/mol. The highest BCUT2D eigenvalue weighted by Gasteiger charge is 2.42. The minimum Gasteiger partial charge on any atom is -0.481 e. The maximum Gasteiger partial charge on any atom is 0.310 e. The van der Waals surface area contributed by atoms with Gasteiger partial charge in [0, 0.05) is 25.1 Å². The van der Waals surface area contributed by atoms with E-state index in [1.165, 1.54) is 0 Å². The van der Waals surface area contributed by atoms with Gasteiger partial charge in [-0.05, 0) is 41.2 Å². The first kappa shape index (κ1) is 23.6. The monoisotopic (exact) mass is 461 g/mol. The van der Waals surface area contributed by atoms with E-state index < -0.39 is 11.4 Å². The Labute approximate surface area is 199 Å². The number of hydrogen-bond donors (Lipinski definition) is 2. The highest BCUT2D eigenvalue weighted by Crippen LogP contribution is 2.40. The largest absolute Gasteiger partial charge is 0.481 e. The van der Waals surface area contributed by atoms with Crippen molar-refractivity contribution in [2.75, 3.05) is 6.54 Å². The fourth-order valence-corrected chi connectivity index (χ4v) is 4.87. The highest BCUT2D eigenvalue weighted by molar-refractivity contribution is 5.85. The van der Waals surface area contributed by atoms with E-state index in [-0.39, 0.29) is 12.3 Å². The normalized spacial score (nSPS) is 15.1. The molecule has 0 bridgehead atoms. The smallest absolute Gasteiger partial charge is 0.310 e. The lowest BCUT2D eigenvalue weighted by Crippen LogP contribution is -2.41. The second-order valence-electron chi connectivity index (χ2n) is 9.12. The van der Waals surface area contributed by atoms with Crippen LogP contribution in [-0.2, 0) is 16.1 Å². The number of aliphatic carboxylic acids is 1. The van der Waals surface area contributed by atoms with Crippen LogP contribution < -0.4 is 0 Å². The van der Waals surface area contributed by atoms with Gasteiger partial charge in [0.15, 0.2) is 0 Å². The third-order valence-electron chi connectivity index (χ3n) is 6.75. The predicted molar refractivity (Wildman–Crippen MR) is 129 cm³/mol. The molecule has 4 rings (SSSR count). The predicted octanol–water partition coefficient (Wildman–Crippen LogP) is 4.70. The summed E-state index contributed by atoms with van der Waals surface area (Å²) in [5.41, 5.74) is 3.00. The number of aromatic nitrogens is 4. The Kier molecular flexibility index (Phi) is 7.35. The molecule has 1 saturated carbocycles. The molecule has 8 heteroatoms. The van der Waals surface area contributed by atoms with Gasteiger partial charge in [0.1, 0.15) is 0 Å². The van der Waals surface area contributed by atoms with E-state index in [0.29, 0.717) is 31.8 Å². The number of carbonyl (C=O) groups is 2. The molecule has 0 atom stereocenters. The summed E-state index contributed by atoms with van der Waals surface area (Å²) in [6, 6.07) is 16.0. The van der Waals surface area contributed by atoms with E-state index in [2.05, 4.69) is 20.6 Å². The topological polar surface area (TPSA) is 112 Å². The zero-order valence-corrected chi connectivity index (χ0v) is 19.5. The number of tetrazole rings is 1. The lowest BCUT2D eigenvalue weighted by atomic mass is 9.71. The van der Waals surface area contributed by atoms with Crippen LogP contribution in [0, 0.1) is 5.41 Å². The van der Waals surface area contributed by atoms with Crippen molar-refractivity contribution in [2.24, 2.45) is 5.41 Å². The summed E-state index contributed by atoms with van der Waals surface area (Å²) < 4.78 is 0. The lowest BCUT2D eigenvalue weighted by molar-refractivity contribution is -0.156. The van der Waals surface area contributed by atoms with Gasteiger partial charge in [-0.1, -0.05) is 74.7 Å². The van der Waals surface area contributed by atoms with Crippen LogP contribution in [0.25, 0.3) is 22.5 Å². The van der Waals surface area contributed by atoms with Crippen LogP contribution in [0.15, 0.2) is 48.5 Å². The van der Waals surface area contributed by atoms with Gasteiger partial charge in [0.25, 0.3) is 0 Å². The van der Waals surface area contributed by atoms with Crippen molar-refractivity contribution in [3.8, 4) is 22.5 Å². The van der Waals surface area contributed by atoms with Crippen LogP contribution >= 0.6 is 0 Å². The molecule has 0 radical (unpaired) electrons. The number of carboxylic acids is 1. The number of rotatable bonds is 9. The van der Waals surface area contributed by atoms with E-state index in [1.807, 2.05) is 60.4 Å². The second kappa shape index (κ2) is 10.6. The third-order valence-corrected chi connectivity index (χ3v) is 6.75. The van der Waals surface area contributed by atoms with Crippen molar-refractivity contribution in [1.82, 2.24) is 25.5 Å². The number of hydrogen-bond acceptors (Lipinski definition) is 5. The quantitative estimate of drug-likeness (QED) is 0.478. The second-order valence-corrected chi connectivity index (χ2v) is 9.12. The molecule has 3 aromatic rings. The van der Waals surface area contributed by atoms with Crippen LogP contribution in [0.2, 0.25) is 0 Å². The number of carbonyl (C=O) groups excluding carboxylic acids is 1. The first-order chi connectivity index (χ1) is 16.5. The molecule has 0 aliphatic heterocycles. The van der Waals surface area contributed by atoms with Gasteiger partial charge in [-0.15, -0.1) is 10.2 Å². The van der Waals surface area contributed by atoms with E-state index in [1.54, 1.807) is 0 Å². The van der Waals surface area contributed by atoms with Crippen molar-refractivity contribution in [3.05, 3.63) is 54.1 Å². The highest BCUT2D eigenvalue weighted by atomic mass is 16.4. The molecule has 0 saturated heterocycles. The summed E-state index contributed by atoms with van der Waals surface area (Å²) in [5.74, 6) is -0.367. The molecule has 1 aromatic heterocycles. The first-order valence-electron chi connectivity index (χ1n) is 12.0. The summed E-state index contributed by atoms with van der Waals surface area (Å²) in [6.45, 7) is 3.11. The molecular formula is C26H31N5O3. The zero-order chi connectivity index (χ0) is 24.0. The van der Waals surface area contributed by atoms with E-state index in [0.717, 1.165) is 47.9 Å². The third kappa shape index (κ3) is 5.16. The van der Waals surface area contributed by atoms with Crippen LogP contribution in [0.1, 0.15) is 57.4 Å². The van der Waals surface area contributed by atoms with Crippen molar-refractivity contribution >= 4 is 11.9 Å². The number of nitrogens with one attached hydrogen (secondary N) is 1. The molecule has 2 N–H and O–H groups in total. The van der Waals surface area contributed by atoms with Crippen LogP contribution in [0.4, 0.5) is 0 Å². The molecule has 0 spiro atoms. The SMILES string of the molecule is CCCN(Cc1ccc(-c2ccccc2-c2nn[nH]n2)cc1)C(=O)CC1(C(=O)O)CCCCC1. The van der Waals surface area contributed by atoms with Gasteiger partial charge < -0.3 is 10.0 Å². The lowest BCUT2D eigenvalue weighted by Gasteiger charge is -2.34. The summed E-state index contributed by atoms with van der Waals surface area (Å²) in [5, 5.41) is 24.2. The van der Waals surface area contributed by atoms with Crippen molar-refractivity contribution in [1.29, 1.82) is 0 Å². The van der Waals surface area contributed by atoms with Gasteiger partial charge in [0.05, 0.1) is 5.41 Å². The minimum atomic E-state index is -0.913. The van der Waals surface area contributed by atoms with Crippen molar-refractivity contribution in [2.45, 2.75) is 58.4 Å². The Hall–Kier alpha value is -3.55. The fourth-order valence-electron chi connectivity index (χ4n) is 4.87. The summed E-state index contributed by atoms with van der Waals surface area (Å²) in [6.07, 6.45) is 4.87. The molecule has 1 fully saturated rings.